The zero-order valence-corrected chi connectivity index (χ0v) is 13.9. The average molecular weight is 345 g/mol. The van der Waals surface area contributed by atoms with Gasteiger partial charge in [-0.15, -0.1) is 10.2 Å². The highest BCUT2D eigenvalue weighted by Crippen LogP contribution is 2.30. The van der Waals surface area contributed by atoms with Crippen LogP contribution in [0.15, 0.2) is 46.2 Å². The number of H-pyrrole nitrogens is 1. The van der Waals surface area contributed by atoms with Crippen molar-refractivity contribution >= 4 is 17.5 Å². The van der Waals surface area contributed by atoms with Gasteiger partial charge in [-0.2, -0.15) is 0 Å². The van der Waals surface area contributed by atoms with Gasteiger partial charge in [-0.05, 0) is 24.3 Å². The Hall–Kier alpha value is -2.74. The van der Waals surface area contributed by atoms with Crippen LogP contribution in [0.4, 0.5) is 0 Å². The van der Waals surface area contributed by atoms with Crippen LogP contribution in [-0.4, -0.2) is 40.9 Å². The van der Waals surface area contributed by atoms with Crippen molar-refractivity contribution in [3.63, 3.8) is 0 Å². The lowest BCUT2D eigenvalue weighted by Crippen LogP contribution is -2.02. The molecule has 1 aromatic carbocycles. The average Bonchev–Trinajstić information content (AvgIpc) is 3.30. The Kier molecular flexibility index (Phi) is 4.85. The second kappa shape index (κ2) is 7.22. The van der Waals surface area contributed by atoms with Gasteiger partial charge in [0.15, 0.2) is 5.78 Å². The van der Waals surface area contributed by atoms with Gasteiger partial charge in [-0.3, -0.25) is 4.79 Å². The van der Waals surface area contributed by atoms with Crippen molar-refractivity contribution in [2.45, 2.75) is 5.22 Å². The Labute approximate surface area is 142 Å². The third-order valence-corrected chi connectivity index (χ3v) is 4.05. The van der Waals surface area contributed by atoms with Gasteiger partial charge in [0.05, 0.1) is 25.7 Å². The van der Waals surface area contributed by atoms with E-state index in [1.165, 1.54) is 11.8 Å². The third-order valence-electron chi connectivity index (χ3n) is 3.23. The number of rotatable bonds is 7. The van der Waals surface area contributed by atoms with Gasteiger partial charge in [0.1, 0.15) is 11.5 Å². The van der Waals surface area contributed by atoms with Crippen molar-refractivity contribution in [2.24, 2.45) is 0 Å². The summed E-state index contributed by atoms with van der Waals surface area (Å²) in [4.78, 5) is 14.8. The molecule has 0 amide bonds. The topological polar surface area (TPSA) is 90.2 Å². The maximum Gasteiger partial charge on any atom is 0.277 e. The molecule has 2 heterocycles. The summed E-state index contributed by atoms with van der Waals surface area (Å²) < 4.78 is 16.0. The summed E-state index contributed by atoms with van der Waals surface area (Å²) in [6.45, 7) is 0. The normalized spacial score (nSPS) is 10.6. The predicted octanol–water partition coefficient (Wildman–Crippen LogP) is 3.06. The fourth-order valence-corrected chi connectivity index (χ4v) is 2.67. The minimum absolute atomic E-state index is 0.0344. The smallest absolute Gasteiger partial charge is 0.277 e. The molecule has 0 aliphatic carbocycles. The first kappa shape index (κ1) is 16.1. The molecule has 0 bridgehead atoms. The van der Waals surface area contributed by atoms with Crippen molar-refractivity contribution in [1.29, 1.82) is 0 Å². The summed E-state index contributed by atoms with van der Waals surface area (Å²) in [5.74, 6) is 1.76. The maximum atomic E-state index is 11.9. The monoisotopic (exact) mass is 345 g/mol. The largest absolute Gasteiger partial charge is 0.497 e. The molecule has 0 aliphatic rings. The lowest BCUT2D eigenvalue weighted by Gasteiger charge is -2.05. The number of aromatic nitrogens is 3. The van der Waals surface area contributed by atoms with E-state index in [2.05, 4.69) is 15.2 Å². The molecule has 8 heteroatoms. The Morgan fingerprint density at radius 1 is 1.21 bits per heavy atom. The SMILES string of the molecule is COc1cc(OC)cc(-c2nnc(SCC(=O)c3ccc[nH]3)o2)c1. The predicted molar refractivity (Wildman–Crippen MR) is 88.7 cm³/mol. The Morgan fingerprint density at radius 2 is 1.96 bits per heavy atom. The first-order valence-corrected chi connectivity index (χ1v) is 8.04. The molecule has 3 aromatic rings. The standard InChI is InChI=1S/C16H15N3O4S/c1-21-11-6-10(7-12(8-11)22-2)15-18-19-16(23-15)24-9-14(20)13-4-3-5-17-13/h3-8,17H,9H2,1-2H3. The number of carbonyl (C=O) groups excluding carboxylic acids is 1. The number of ketones is 1. The van der Waals surface area contributed by atoms with Gasteiger partial charge in [0.2, 0.25) is 5.89 Å². The number of ether oxygens (including phenoxy) is 2. The Morgan fingerprint density at radius 3 is 2.58 bits per heavy atom. The van der Waals surface area contributed by atoms with Gasteiger partial charge >= 0.3 is 0 Å². The van der Waals surface area contributed by atoms with Crippen LogP contribution in [-0.2, 0) is 0 Å². The summed E-state index contributed by atoms with van der Waals surface area (Å²) >= 11 is 1.19. The summed E-state index contributed by atoms with van der Waals surface area (Å²) in [5, 5.41) is 8.29. The number of aromatic amines is 1. The molecule has 0 saturated carbocycles. The first-order chi connectivity index (χ1) is 11.7. The number of nitrogens with one attached hydrogen (secondary N) is 1. The van der Waals surface area contributed by atoms with Gasteiger partial charge in [0, 0.05) is 17.8 Å². The minimum Gasteiger partial charge on any atom is -0.497 e. The molecule has 0 radical (unpaired) electrons. The lowest BCUT2D eigenvalue weighted by molar-refractivity contribution is 0.101. The van der Waals surface area contributed by atoms with Crippen molar-refractivity contribution in [3.05, 3.63) is 42.2 Å². The number of nitrogens with zero attached hydrogens (tertiary/aromatic N) is 2. The third kappa shape index (κ3) is 3.60. The summed E-state index contributed by atoms with van der Waals surface area (Å²) in [7, 11) is 3.14. The quantitative estimate of drug-likeness (QED) is 0.520. The summed E-state index contributed by atoms with van der Waals surface area (Å²) in [6, 6.07) is 8.80. The fraction of sp³-hybridized carbons (Fsp3) is 0.188. The van der Waals surface area contributed by atoms with E-state index in [0.29, 0.717) is 33.9 Å². The van der Waals surface area contributed by atoms with Crippen LogP contribution in [0.2, 0.25) is 0 Å². The Balaban J connectivity index is 1.72. The van der Waals surface area contributed by atoms with Crippen molar-refractivity contribution in [1.82, 2.24) is 15.2 Å². The number of Topliss-reactive ketones (excluding diaryl/α,β-unsaturated/α-hetero) is 1. The van der Waals surface area contributed by atoms with Crippen molar-refractivity contribution in [2.75, 3.05) is 20.0 Å². The van der Waals surface area contributed by atoms with Gasteiger partial charge in [0.25, 0.3) is 5.22 Å². The van der Waals surface area contributed by atoms with E-state index in [1.807, 2.05) is 0 Å². The second-order valence-corrected chi connectivity index (χ2v) is 5.70. The molecule has 1 N–H and O–H groups in total. The van der Waals surface area contributed by atoms with Crippen LogP contribution >= 0.6 is 11.8 Å². The molecule has 0 atom stereocenters. The fourth-order valence-electron chi connectivity index (χ4n) is 2.02. The molecular formula is C16H15N3O4S. The number of carbonyl (C=O) groups is 1. The number of thioether (sulfide) groups is 1. The van der Waals surface area contributed by atoms with E-state index in [9.17, 15) is 4.79 Å². The molecule has 7 nitrogen and oxygen atoms in total. The van der Waals surface area contributed by atoms with Crippen LogP contribution in [0.3, 0.4) is 0 Å². The van der Waals surface area contributed by atoms with Gasteiger partial charge in [-0.25, -0.2) is 0 Å². The van der Waals surface area contributed by atoms with Crippen molar-refractivity contribution < 1.29 is 18.7 Å². The van der Waals surface area contributed by atoms with Crippen LogP contribution in [0, 0.1) is 0 Å². The first-order valence-electron chi connectivity index (χ1n) is 7.06. The molecular weight excluding hydrogens is 330 g/mol. The highest BCUT2D eigenvalue weighted by molar-refractivity contribution is 7.99. The Bertz CT molecular complexity index is 807. The van der Waals surface area contributed by atoms with E-state index < -0.39 is 0 Å². The minimum atomic E-state index is -0.0344. The molecule has 0 saturated heterocycles. The maximum absolute atomic E-state index is 11.9. The molecule has 3 rings (SSSR count). The van der Waals surface area contributed by atoms with Gasteiger partial charge in [-0.1, -0.05) is 11.8 Å². The van der Waals surface area contributed by atoms with E-state index in [-0.39, 0.29) is 11.5 Å². The second-order valence-electron chi connectivity index (χ2n) is 4.77. The van der Waals surface area contributed by atoms with Crippen LogP contribution in [0.25, 0.3) is 11.5 Å². The van der Waals surface area contributed by atoms with E-state index in [4.69, 9.17) is 13.9 Å². The highest BCUT2D eigenvalue weighted by atomic mass is 32.2. The zero-order valence-electron chi connectivity index (χ0n) is 13.1. The molecule has 0 unspecified atom stereocenters. The van der Waals surface area contributed by atoms with Crippen LogP contribution < -0.4 is 9.47 Å². The van der Waals surface area contributed by atoms with E-state index >= 15 is 0 Å². The lowest BCUT2D eigenvalue weighted by atomic mass is 10.2. The summed E-state index contributed by atoms with van der Waals surface area (Å²) in [5.41, 5.74) is 1.24. The molecule has 0 spiro atoms. The van der Waals surface area contributed by atoms with Crippen LogP contribution in [0.5, 0.6) is 11.5 Å². The molecule has 124 valence electrons. The highest BCUT2D eigenvalue weighted by Gasteiger charge is 2.14. The summed E-state index contributed by atoms with van der Waals surface area (Å²) in [6.07, 6.45) is 1.71. The number of methoxy groups -OCH3 is 2. The van der Waals surface area contributed by atoms with E-state index in [0.717, 1.165) is 0 Å². The zero-order chi connectivity index (χ0) is 16.9. The van der Waals surface area contributed by atoms with Crippen LogP contribution in [0.1, 0.15) is 10.5 Å². The number of hydrogen-bond donors (Lipinski definition) is 1. The van der Waals surface area contributed by atoms with E-state index in [1.54, 1.807) is 50.7 Å². The number of benzene rings is 1. The molecule has 2 aromatic heterocycles. The molecule has 0 aliphatic heterocycles. The van der Waals surface area contributed by atoms with Gasteiger partial charge < -0.3 is 18.9 Å². The van der Waals surface area contributed by atoms with Crippen molar-refractivity contribution in [3.8, 4) is 23.0 Å². The molecule has 24 heavy (non-hydrogen) atoms. The molecule has 0 fully saturated rings. The number of hydrogen-bond acceptors (Lipinski definition) is 7.